The molecule has 17 heavy (non-hydrogen) atoms. The van der Waals surface area contributed by atoms with Crippen LogP contribution in [0.3, 0.4) is 0 Å². The third-order valence-electron chi connectivity index (χ3n) is 2.61. The lowest BCUT2D eigenvalue weighted by Gasteiger charge is -2.16. The van der Waals surface area contributed by atoms with Gasteiger partial charge in [0.1, 0.15) is 17.4 Å². The molecule has 0 spiro atoms. The van der Waals surface area contributed by atoms with Crippen LogP contribution >= 0.6 is 11.6 Å². The molecule has 0 radical (unpaired) electrons. The maximum absolute atomic E-state index is 11.3. The van der Waals surface area contributed by atoms with Gasteiger partial charge in [-0.25, -0.2) is 0 Å². The zero-order valence-electron chi connectivity index (χ0n) is 10.4. The third-order valence-corrected chi connectivity index (χ3v) is 2.85. The Bertz CT molecular complexity index is 432. The average Bonchev–Trinajstić information content (AvgIpc) is 2.33. The molecule has 0 saturated heterocycles. The Morgan fingerprint density at radius 1 is 1.29 bits per heavy atom. The molecular weight excluding hydrogens is 242 g/mol. The average molecular weight is 258 g/mol. The Morgan fingerprint density at radius 2 is 1.94 bits per heavy atom. The number of halogens is 1. The van der Waals surface area contributed by atoms with Crippen LogP contribution in [0.4, 0.5) is 5.69 Å². The maximum Gasteiger partial charge on any atom is 0.239 e. The molecule has 0 aliphatic carbocycles. The summed E-state index contributed by atoms with van der Waals surface area (Å²) in [7, 11) is 3.14. The third kappa shape index (κ3) is 2.82. The van der Waals surface area contributed by atoms with Crippen molar-refractivity contribution in [2.45, 2.75) is 13.8 Å². The highest BCUT2D eigenvalue weighted by Crippen LogP contribution is 2.36. The topological polar surface area (TPSA) is 47.6 Å². The van der Waals surface area contributed by atoms with Crippen molar-refractivity contribution in [1.82, 2.24) is 0 Å². The number of rotatable bonds is 4. The van der Waals surface area contributed by atoms with Gasteiger partial charge >= 0.3 is 0 Å². The van der Waals surface area contributed by atoms with Gasteiger partial charge in [0, 0.05) is 6.07 Å². The first kappa shape index (κ1) is 13.6. The normalized spacial score (nSPS) is 9.94. The number of methoxy groups -OCH3 is 2. The molecule has 0 aliphatic rings. The van der Waals surface area contributed by atoms with Crippen LogP contribution < -0.4 is 14.8 Å². The lowest BCUT2D eigenvalue weighted by atomic mass is 10.1. The molecule has 0 aromatic heterocycles. The van der Waals surface area contributed by atoms with E-state index in [0.717, 1.165) is 11.1 Å². The van der Waals surface area contributed by atoms with Crippen LogP contribution in [0.15, 0.2) is 6.07 Å². The number of anilines is 1. The van der Waals surface area contributed by atoms with Crippen molar-refractivity contribution in [1.29, 1.82) is 0 Å². The highest BCUT2D eigenvalue weighted by atomic mass is 35.5. The number of hydrogen-bond donors (Lipinski definition) is 1. The van der Waals surface area contributed by atoms with Gasteiger partial charge in [0.15, 0.2) is 0 Å². The summed E-state index contributed by atoms with van der Waals surface area (Å²) >= 11 is 5.46. The summed E-state index contributed by atoms with van der Waals surface area (Å²) in [5.41, 5.74) is 2.48. The summed E-state index contributed by atoms with van der Waals surface area (Å²) in [6, 6.07) is 1.73. The molecular formula is C12H16ClNO3. The van der Waals surface area contributed by atoms with Gasteiger partial charge in [-0.15, -0.1) is 11.6 Å². The number of benzene rings is 1. The largest absolute Gasteiger partial charge is 0.496 e. The molecule has 0 aliphatic heterocycles. The van der Waals surface area contributed by atoms with Crippen molar-refractivity contribution in [2.75, 3.05) is 25.4 Å². The van der Waals surface area contributed by atoms with Gasteiger partial charge in [0.2, 0.25) is 5.91 Å². The Labute approximate surface area is 106 Å². The molecule has 1 aromatic rings. The minimum atomic E-state index is -0.282. The van der Waals surface area contributed by atoms with E-state index in [1.54, 1.807) is 20.3 Å². The van der Waals surface area contributed by atoms with Crippen molar-refractivity contribution >= 4 is 23.2 Å². The molecule has 5 heteroatoms. The smallest absolute Gasteiger partial charge is 0.239 e. The molecule has 1 N–H and O–H groups in total. The summed E-state index contributed by atoms with van der Waals surface area (Å²) in [6.45, 7) is 3.84. The monoisotopic (exact) mass is 257 g/mol. The molecule has 0 fully saturated rings. The predicted octanol–water partition coefficient (Wildman–Crippen LogP) is 2.50. The van der Waals surface area contributed by atoms with Gasteiger partial charge in [0.05, 0.1) is 19.9 Å². The molecule has 0 heterocycles. The summed E-state index contributed by atoms with van der Waals surface area (Å²) in [5, 5.41) is 2.68. The second kappa shape index (κ2) is 5.77. The first-order chi connectivity index (χ1) is 8.04. The van der Waals surface area contributed by atoms with E-state index in [1.165, 1.54) is 0 Å². The van der Waals surface area contributed by atoms with Crippen LogP contribution in [0, 0.1) is 13.8 Å². The van der Waals surface area contributed by atoms with E-state index in [2.05, 4.69) is 5.32 Å². The lowest BCUT2D eigenvalue weighted by Crippen LogP contribution is -2.14. The first-order valence-corrected chi connectivity index (χ1v) is 5.66. The van der Waals surface area contributed by atoms with Crippen LogP contribution in [0.1, 0.15) is 11.1 Å². The molecule has 1 aromatic carbocycles. The SMILES string of the molecule is COc1cc(NC(=O)CCl)c(OC)c(C)c1C. The minimum Gasteiger partial charge on any atom is -0.496 e. The Hall–Kier alpha value is -1.42. The van der Waals surface area contributed by atoms with E-state index in [4.69, 9.17) is 21.1 Å². The fourth-order valence-corrected chi connectivity index (χ4v) is 1.68. The number of hydrogen-bond acceptors (Lipinski definition) is 3. The van der Waals surface area contributed by atoms with Gasteiger partial charge < -0.3 is 14.8 Å². The van der Waals surface area contributed by atoms with Gasteiger partial charge in [-0.3, -0.25) is 4.79 Å². The van der Waals surface area contributed by atoms with Crippen molar-refractivity contribution in [3.8, 4) is 11.5 Å². The van der Waals surface area contributed by atoms with Gasteiger partial charge in [-0.1, -0.05) is 0 Å². The molecule has 0 bridgehead atoms. The number of carbonyl (C=O) groups is 1. The fourth-order valence-electron chi connectivity index (χ4n) is 1.61. The van der Waals surface area contributed by atoms with Crippen LogP contribution in [0.25, 0.3) is 0 Å². The van der Waals surface area contributed by atoms with E-state index >= 15 is 0 Å². The summed E-state index contributed by atoms with van der Waals surface area (Å²) in [6.07, 6.45) is 0. The van der Waals surface area contributed by atoms with Crippen LogP contribution in [-0.2, 0) is 4.79 Å². The molecule has 1 rings (SSSR count). The van der Waals surface area contributed by atoms with E-state index in [9.17, 15) is 4.79 Å². The second-order valence-electron chi connectivity index (χ2n) is 3.59. The van der Waals surface area contributed by atoms with Crippen molar-refractivity contribution < 1.29 is 14.3 Å². The van der Waals surface area contributed by atoms with Crippen LogP contribution in [0.5, 0.6) is 11.5 Å². The molecule has 1 amide bonds. The van der Waals surface area contributed by atoms with Crippen molar-refractivity contribution in [2.24, 2.45) is 0 Å². The Morgan fingerprint density at radius 3 is 2.41 bits per heavy atom. The quantitative estimate of drug-likeness (QED) is 0.843. The fraction of sp³-hybridized carbons (Fsp3) is 0.417. The lowest BCUT2D eigenvalue weighted by molar-refractivity contribution is -0.113. The summed E-state index contributed by atoms with van der Waals surface area (Å²) in [4.78, 5) is 11.3. The van der Waals surface area contributed by atoms with Crippen LogP contribution in [-0.4, -0.2) is 26.0 Å². The molecule has 4 nitrogen and oxygen atoms in total. The highest BCUT2D eigenvalue weighted by molar-refractivity contribution is 6.29. The zero-order valence-corrected chi connectivity index (χ0v) is 11.1. The molecule has 0 unspecified atom stereocenters. The number of nitrogens with one attached hydrogen (secondary N) is 1. The van der Waals surface area contributed by atoms with Gasteiger partial charge in [-0.05, 0) is 25.0 Å². The Kier molecular flexibility index (Phi) is 4.63. The summed E-state index contributed by atoms with van der Waals surface area (Å²) < 4.78 is 10.5. The zero-order chi connectivity index (χ0) is 13.0. The maximum atomic E-state index is 11.3. The van der Waals surface area contributed by atoms with Gasteiger partial charge in [-0.2, -0.15) is 0 Å². The van der Waals surface area contributed by atoms with E-state index in [0.29, 0.717) is 17.2 Å². The molecule has 0 atom stereocenters. The number of ether oxygens (including phenoxy) is 2. The summed E-state index contributed by atoms with van der Waals surface area (Å²) in [5.74, 6) is 0.948. The number of amides is 1. The van der Waals surface area contributed by atoms with E-state index in [1.807, 2.05) is 13.8 Å². The predicted molar refractivity (Wildman–Crippen MR) is 68.4 cm³/mol. The Balaban J connectivity index is 3.27. The minimum absolute atomic E-state index is 0.0988. The molecule has 94 valence electrons. The van der Waals surface area contributed by atoms with Crippen LogP contribution in [0.2, 0.25) is 0 Å². The second-order valence-corrected chi connectivity index (χ2v) is 3.86. The standard InChI is InChI=1S/C12H16ClNO3/c1-7-8(2)12(17-4)9(5-10(7)16-3)14-11(15)6-13/h5H,6H2,1-4H3,(H,14,15). The number of carbonyl (C=O) groups excluding carboxylic acids is 1. The van der Waals surface area contributed by atoms with Crippen molar-refractivity contribution in [3.05, 3.63) is 17.2 Å². The van der Waals surface area contributed by atoms with E-state index < -0.39 is 0 Å². The molecule has 0 saturated carbocycles. The van der Waals surface area contributed by atoms with Crippen molar-refractivity contribution in [3.63, 3.8) is 0 Å². The van der Waals surface area contributed by atoms with E-state index in [-0.39, 0.29) is 11.8 Å². The highest BCUT2D eigenvalue weighted by Gasteiger charge is 2.15. The first-order valence-electron chi connectivity index (χ1n) is 5.13. The number of alkyl halides is 1. The van der Waals surface area contributed by atoms with Gasteiger partial charge in [0.25, 0.3) is 0 Å².